The summed E-state index contributed by atoms with van der Waals surface area (Å²) in [5.41, 5.74) is 1.33. The van der Waals surface area contributed by atoms with Crippen molar-refractivity contribution in [3.63, 3.8) is 0 Å². The van der Waals surface area contributed by atoms with Crippen molar-refractivity contribution in [2.45, 2.75) is 6.54 Å². The third kappa shape index (κ3) is 3.76. The van der Waals surface area contributed by atoms with Crippen LogP contribution in [0.15, 0.2) is 36.4 Å². The van der Waals surface area contributed by atoms with E-state index >= 15 is 0 Å². The molecule has 0 spiro atoms. The highest BCUT2D eigenvalue weighted by atomic mass is 35.5. The van der Waals surface area contributed by atoms with E-state index in [1.54, 1.807) is 24.3 Å². The summed E-state index contributed by atoms with van der Waals surface area (Å²) < 4.78 is 0. The molecular weight excluding hydrogens is 323 g/mol. The van der Waals surface area contributed by atoms with Crippen LogP contribution in [0.25, 0.3) is 0 Å². The molecule has 0 amide bonds. The first kappa shape index (κ1) is 14.9. The zero-order valence-corrected chi connectivity index (χ0v) is 12.3. The lowest BCUT2D eigenvalue weighted by molar-refractivity contribution is -0.384. The minimum absolute atomic E-state index is 0.103. The van der Waals surface area contributed by atoms with E-state index in [9.17, 15) is 10.1 Å². The van der Waals surface area contributed by atoms with Crippen molar-refractivity contribution in [2.75, 3.05) is 5.32 Å². The second-order valence-corrected chi connectivity index (χ2v) is 5.33. The largest absolute Gasteiger partial charge is 0.381 e. The summed E-state index contributed by atoms with van der Waals surface area (Å²) in [7, 11) is 0. The highest BCUT2D eigenvalue weighted by molar-refractivity contribution is 6.34. The van der Waals surface area contributed by atoms with Crippen LogP contribution in [0.4, 0.5) is 11.4 Å². The highest BCUT2D eigenvalue weighted by Crippen LogP contribution is 2.28. The molecule has 0 radical (unpaired) electrons. The topological polar surface area (TPSA) is 55.2 Å². The summed E-state index contributed by atoms with van der Waals surface area (Å²) in [6.07, 6.45) is 0. The molecular formula is C13H9Cl3N2O2. The van der Waals surface area contributed by atoms with Crippen LogP contribution in [0.3, 0.4) is 0 Å². The van der Waals surface area contributed by atoms with E-state index in [1.165, 1.54) is 12.1 Å². The van der Waals surface area contributed by atoms with Crippen LogP contribution >= 0.6 is 34.8 Å². The van der Waals surface area contributed by atoms with Gasteiger partial charge in [0.2, 0.25) is 0 Å². The molecule has 2 aromatic carbocycles. The number of nitro groups is 1. The molecule has 0 aliphatic carbocycles. The van der Waals surface area contributed by atoms with Crippen molar-refractivity contribution in [3.8, 4) is 0 Å². The number of rotatable bonds is 4. The Labute approximate surface area is 130 Å². The zero-order chi connectivity index (χ0) is 14.7. The van der Waals surface area contributed by atoms with Crippen LogP contribution in [0.5, 0.6) is 0 Å². The zero-order valence-electron chi connectivity index (χ0n) is 10.1. The van der Waals surface area contributed by atoms with Gasteiger partial charge in [-0.3, -0.25) is 10.1 Å². The monoisotopic (exact) mass is 330 g/mol. The lowest BCUT2D eigenvalue weighted by Gasteiger charge is -2.08. The first-order valence-electron chi connectivity index (χ1n) is 5.58. The van der Waals surface area contributed by atoms with Crippen LogP contribution in [-0.4, -0.2) is 4.92 Å². The fourth-order valence-corrected chi connectivity index (χ4v) is 2.44. The fourth-order valence-electron chi connectivity index (χ4n) is 1.68. The molecule has 2 aromatic rings. The van der Waals surface area contributed by atoms with Crippen molar-refractivity contribution in [1.82, 2.24) is 0 Å². The van der Waals surface area contributed by atoms with Gasteiger partial charge in [0, 0.05) is 28.3 Å². The van der Waals surface area contributed by atoms with E-state index < -0.39 is 4.92 Å². The average Bonchev–Trinajstić information content (AvgIpc) is 2.36. The Morgan fingerprint density at radius 2 is 1.70 bits per heavy atom. The molecule has 0 bridgehead atoms. The van der Waals surface area contributed by atoms with Gasteiger partial charge in [-0.1, -0.05) is 34.8 Å². The Kier molecular flexibility index (Phi) is 4.70. The molecule has 0 saturated heterocycles. The normalized spacial score (nSPS) is 10.3. The van der Waals surface area contributed by atoms with Crippen molar-refractivity contribution < 1.29 is 4.92 Å². The molecule has 20 heavy (non-hydrogen) atoms. The van der Waals surface area contributed by atoms with Crippen LogP contribution < -0.4 is 5.32 Å². The molecule has 7 heteroatoms. The Bertz CT molecular complexity index is 642. The number of hydrogen-bond acceptors (Lipinski definition) is 3. The van der Waals surface area contributed by atoms with Crippen LogP contribution in [0.1, 0.15) is 5.56 Å². The van der Waals surface area contributed by atoms with E-state index in [1.807, 2.05) is 0 Å². The van der Waals surface area contributed by atoms with Crippen LogP contribution in [0, 0.1) is 10.1 Å². The Morgan fingerprint density at radius 3 is 2.30 bits per heavy atom. The maximum atomic E-state index is 10.8. The summed E-state index contributed by atoms with van der Waals surface area (Å²) in [6.45, 7) is 0.444. The highest BCUT2D eigenvalue weighted by Gasteiger charge is 2.12. The van der Waals surface area contributed by atoms with Gasteiger partial charge < -0.3 is 5.32 Å². The van der Waals surface area contributed by atoms with E-state index in [0.29, 0.717) is 22.3 Å². The van der Waals surface area contributed by atoms with Gasteiger partial charge in [0.25, 0.3) is 5.69 Å². The van der Waals surface area contributed by atoms with Crippen molar-refractivity contribution >= 4 is 46.2 Å². The van der Waals surface area contributed by atoms with E-state index in [4.69, 9.17) is 34.8 Å². The predicted molar refractivity (Wildman–Crippen MR) is 81.9 cm³/mol. The standard InChI is InChI=1S/C13H9Cl3N2O2/c14-9-3-8(4-10(15)5-9)7-17-11-1-2-12(16)13(6-11)18(19)20/h1-6,17H,7H2. The SMILES string of the molecule is O=[N+]([O-])c1cc(NCc2cc(Cl)cc(Cl)c2)ccc1Cl. The molecule has 0 heterocycles. The van der Waals surface area contributed by atoms with E-state index in [2.05, 4.69) is 5.32 Å². The van der Waals surface area contributed by atoms with Crippen molar-refractivity contribution in [1.29, 1.82) is 0 Å². The fraction of sp³-hybridized carbons (Fsp3) is 0.0769. The second kappa shape index (κ2) is 6.31. The lowest BCUT2D eigenvalue weighted by Crippen LogP contribution is -2.00. The Hall–Kier alpha value is -1.49. The summed E-state index contributed by atoms with van der Waals surface area (Å²) in [5.74, 6) is 0. The molecule has 1 N–H and O–H groups in total. The van der Waals surface area contributed by atoms with Gasteiger partial charge in [-0.25, -0.2) is 0 Å². The Balaban J connectivity index is 2.14. The molecule has 4 nitrogen and oxygen atoms in total. The summed E-state index contributed by atoms with van der Waals surface area (Å²) in [5, 5.41) is 15.0. The number of benzene rings is 2. The summed E-state index contributed by atoms with van der Waals surface area (Å²) in [6, 6.07) is 9.71. The summed E-state index contributed by atoms with van der Waals surface area (Å²) >= 11 is 17.5. The number of nitrogens with zero attached hydrogens (tertiary/aromatic N) is 1. The second-order valence-electron chi connectivity index (χ2n) is 4.05. The van der Waals surface area contributed by atoms with Gasteiger partial charge in [-0.2, -0.15) is 0 Å². The quantitative estimate of drug-likeness (QED) is 0.621. The van der Waals surface area contributed by atoms with Gasteiger partial charge in [-0.15, -0.1) is 0 Å². The Morgan fingerprint density at radius 1 is 1.05 bits per heavy atom. The predicted octanol–water partition coefficient (Wildman–Crippen LogP) is 5.17. The molecule has 2 rings (SSSR count). The molecule has 0 aliphatic rings. The van der Waals surface area contributed by atoms with Gasteiger partial charge in [0.05, 0.1) is 4.92 Å². The number of nitro benzene ring substituents is 1. The number of hydrogen-bond donors (Lipinski definition) is 1. The first-order valence-corrected chi connectivity index (χ1v) is 6.72. The lowest BCUT2D eigenvalue weighted by atomic mass is 10.2. The number of halogens is 3. The smallest absolute Gasteiger partial charge is 0.289 e. The molecule has 0 saturated carbocycles. The molecule has 0 aromatic heterocycles. The first-order chi connectivity index (χ1) is 9.45. The third-order valence-electron chi connectivity index (χ3n) is 2.56. The number of nitrogens with one attached hydrogen (secondary N) is 1. The minimum Gasteiger partial charge on any atom is -0.381 e. The van der Waals surface area contributed by atoms with Crippen LogP contribution in [-0.2, 0) is 6.54 Å². The maximum Gasteiger partial charge on any atom is 0.289 e. The molecule has 104 valence electrons. The van der Waals surface area contributed by atoms with Gasteiger partial charge in [0.15, 0.2) is 0 Å². The molecule has 0 atom stereocenters. The van der Waals surface area contributed by atoms with Crippen LogP contribution in [0.2, 0.25) is 15.1 Å². The van der Waals surface area contributed by atoms with Gasteiger partial charge in [-0.05, 0) is 35.9 Å². The third-order valence-corrected chi connectivity index (χ3v) is 3.32. The summed E-state index contributed by atoms with van der Waals surface area (Å²) in [4.78, 5) is 10.3. The number of anilines is 1. The minimum atomic E-state index is -0.524. The molecule has 0 aliphatic heterocycles. The van der Waals surface area contributed by atoms with Gasteiger partial charge in [0.1, 0.15) is 5.02 Å². The van der Waals surface area contributed by atoms with Gasteiger partial charge >= 0.3 is 0 Å². The maximum absolute atomic E-state index is 10.8. The van der Waals surface area contributed by atoms with E-state index in [0.717, 1.165) is 5.56 Å². The van der Waals surface area contributed by atoms with Crippen molar-refractivity contribution in [2.24, 2.45) is 0 Å². The molecule has 0 fully saturated rings. The van der Waals surface area contributed by atoms with Crippen molar-refractivity contribution in [3.05, 3.63) is 67.1 Å². The average molecular weight is 332 g/mol. The van der Waals surface area contributed by atoms with E-state index in [-0.39, 0.29) is 10.7 Å². The molecule has 0 unspecified atom stereocenters.